The van der Waals surface area contributed by atoms with Crippen LogP contribution in [0.15, 0.2) is 47.4 Å². The molecule has 0 unspecified atom stereocenters. The minimum Gasteiger partial charge on any atom is -0.312 e. The van der Waals surface area contributed by atoms with Crippen molar-refractivity contribution in [2.75, 3.05) is 16.2 Å². The third kappa shape index (κ3) is 3.69. The fourth-order valence-electron chi connectivity index (χ4n) is 2.98. The Morgan fingerprint density at radius 1 is 1.12 bits per heavy atom. The largest absolute Gasteiger partial charge is 0.312 e. The highest BCUT2D eigenvalue weighted by molar-refractivity contribution is 7.92. The van der Waals surface area contributed by atoms with Gasteiger partial charge in [0.2, 0.25) is 5.91 Å². The van der Waals surface area contributed by atoms with Gasteiger partial charge in [-0.2, -0.15) is 0 Å². The van der Waals surface area contributed by atoms with E-state index in [0.29, 0.717) is 18.7 Å². The van der Waals surface area contributed by atoms with E-state index in [9.17, 15) is 13.2 Å². The zero-order chi connectivity index (χ0) is 18.0. The number of carbonyl (C=O) groups is 1. The van der Waals surface area contributed by atoms with E-state index in [4.69, 9.17) is 0 Å². The Labute approximate surface area is 148 Å². The van der Waals surface area contributed by atoms with Crippen molar-refractivity contribution in [2.45, 2.75) is 38.0 Å². The molecule has 0 aliphatic carbocycles. The first-order valence-corrected chi connectivity index (χ1v) is 9.92. The maximum atomic E-state index is 12.6. The van der Waals surface area contributed by atoms with Crippen LogP contribution in [0.1, 0.15) is 30.9 Å². The van der Waals surface area contributed by atoms with Gasteiger partial charge in [0.05, 0.1) is 10.6 Å². The van der Waals surface area contributed by atoms with Crippen molar-refractivity contribution in [3.63, 3.8) is 0 Å². The molecule has 1 amide bonds. The van der Waals surface area contributed by atoms with Crippen LogP contribution in [0.25, 0.3) is 0 Å². The number of hydrogen-bond acceptors (Lipinski definition) is 3. The van der Waals surface area contributed by atoms with E-state index in [0.717, 1.165) is 29.7 Å². The SMILES string of the molecule is CCc1ccc(S(=O)(=O)Nc2ccc(C)c(N3CCCC3=O)c2)cc1. The first kappa shape index (κ1) is 17.5. The molecule has 3 rings (SSSR count). The lowest BCUT2D eigenvalue weighted by Crippen LogP contribution is -2.24. The molecule has 1 N–H and O–H groups in total. The average Bonchev–Trinajstić information content (AvgIpc) is 3.02. The van der Waals surface area contributed by atoms with Gasteiger partial charge in [-0.1, -0.05) is 25.1 Å². The van der Waals surface area contributed by atoms with Gasteiger partial charge in [0, 0.05) is 18.7 Å². The zero-order valence-corrected chi connectivity index (χ0v) is 15.3. The number of aryl methyl sites for hydroxylation is 2. The summed E-state index contributed by atoms with van der Waals surface area (Å²) in [5, 5.41) is 0. The molecule has 132 valence electrons. The standard InChI is InChI=1S/C19H22N2O3S/c1-3-15-7-10-17(11-8-15)25(23,24)20-16-9-6-14(2)18(13-16)21-12-4-5-19(21)22/h6-11,13,20H,3-5,12H2,1-2H3. The van der Waals surface area contributed by atoms with Crippen LogP contribution in [0, 0.1) is 6.92 Å². The van der Waals surface area contributed by atoms with Crippen LogP contribution in [0.5, 0.6) is 0 Å². The Bertz CT molecular complexity index is 889. The lowest BCUT2D eigenvalue weighted by atomic mass is 10.1. The van der Waals surface area contributed by atoms with Crippen molar-refractivity contribution in [3.05, 3.63) is 53.6 Å². The minimum atomic E-state index is -3.66. The van der Waals surface area contributed by atoms with Gasteiger partial charge >= 0.3 is 0 Å². The van der Waals surface area contributed by atoms with E-state index in [-0.39, 0.29) is 10.8 Å². The average molecular weight is 358 g/mol. The summed E-state index contributed by atoms with van der Waals surface area (Å²) in [6, 6.07) is 12.1. The molecule has 1 aliphatic heterocycles. The van der Waals surface area contributed by atoms with E-state index in [1.165, 1.54) is 0 Å². The summed E-state index contributed by atoms with van der Waals surface area (Å²) in [7, 11) is -3.66. The van der Waals surface area contributed by atoms with Gasteiger partial charge in [-0.3, -0.25) is 9.52 Å². The smallest absolute Gasteiger partial charge is 0.261 e. The van der Waals surface area contributed by atoms with Crippen LogP contribution in [0.3, 0.4) is 0 Å². The highest BCUT2D eigenvalue weighted by Crippen LogP contribution is 2.29. The van der Waals surface area contributed by atoms with Crippen molar-refractivity contribution < 1.29 is 13.2 Å². The summed E-state index contributed by atoms with van der Waals surface area (Å²) in [5.74, 6) is 0.0817. The Balaban J connectivity index is 1.87. The van der Waals surface area contributed by atoms with E-state index >= 15 is 0 Å². The second kappa shape index (κ2) is 6.88. The summed E-state index contributed by atoms with van der Waals surface area (Å²) in [5.41, 5.74) is 3.26. The number of hydrogen-bond donors (Lipinski definition) is 1. The molecule has 0 bridgehead atoms. The number of nitrogens with zero attached hydrogens (tertiary/aromatic N) is 1. The number of nitrogens with one attached hydrogen (secondary N) is 1. The summed E-state index contributed by atoms with van der Waals surface area (Å²) in [4.78, 5) is 13.9. The van der Waals surface area contributed by atoms with E-state index in [1.54, 1.807) is 29.2 Å². The normalized spacial score (nSPS) is 14.8. The molecular weight excluding hydrogens is 336 g/mol. The zero-order valence-electron chi connectivity index (χ0n) is 14.5. The summed E-state index contributed by atoms with van der Waals surface area (Å²) >= 11 is 0. The number of amides is 1. The van der Waals surface area contributed by atoms with E-state index < -0.39 is 10.0 Å². The molecule has 25 heavy (non-hydrogen) atoms. The number of anilines is 2. The Morgan fingerprint density at radius 2 is 1.84 bits per heavy atom. The van der Waals surface area contributed by atoms with E-state index in [1.807, 2.05) is 32.0 Å². The molecule has 0 saturated carbocycles. The maximum absolute atomic E-state index is 12.6. The molecule has 0 aromatic heterocycles. The highest BCUT2D eigenvalue weighted by Gasteiger charge is 2.24. The lowest BCUT2D eigenvalue weighted by molar-refractivity contribution is -0.117. The van der Waals surface area contributed by atoms with Crippen LogP contribution < -0.4 is 9.62 Å². The summed E-state index contributed by atoms with van der Waals surface area (Å²) in [6.07, 6.45) is 2.23. The maximum Gasteiger partial charge on any atom is 0.261 e. The Morgan fingerprint density at radius 3 is 2.44 bits per heavy atom. The van der Waals surface area contributed by atoms with Gasteiger partial charge in [0.1, 0.15) is 0 Å². The van der Waals surface area contributed by atoms with Crippen LogP contribution in [-0.4, -0.2) is 20.9 Å². The Hall–Kier alpha value is -2.34. The quantitative estimate of drug-likeness (QED) is 0.890. The van der Waals surface area contributed by atoms with Gasteiger partial charge in [-0.25, -0.2) is 8.42 Å². The molecule has 1 fully saturated rings. The molecule has 2 aromatic rings. The predicted molar refractivity (Wildman–Crippen MR) is 99.4 cm³/mol. The molecule has 6 heteroatoms. The fourth-order valence-corrected chi connectivity index (χ4v) is 4.03. The minimum absolute atomic E-state index is 0.0817. The van der Waals surface area contributed by atoms with E-state index in [2.05, 4.69) is 4.72 Å². The van der Waals surface area contributed by atoms with Gasteiger partial charge < -0.3 is 4.90 Å². The van der Waals surface area contributed by atoms with Crippen LogP contribution in [0.2, 0.25) is 0 Å². The monoisotopic (exact) mass is 358 g/mol. The van der Waals surface area contributed by atoms with Gasteiger partial charge in [0.15, 0.2) is 0 Å². The molecule has 1 saturated heterocycles. The first-order chi connectivity index (χ1) is 11.9. The second-order valence-electron chi connectivity index (χ2n) is 6.25. The number of rotatable bonds is 5. The van der Waals surface area contributed by atoms with Crippen molar-refractivity contribution in [2.24, 2.45) is 0 Å². The fraction of sp³-hybridized carbons (Fsp3) is 0.316. The summed E-state index contributed by atoms with van der Waals surface area (Å²) in [6.45, 7) is 4.62. The molecule has 0 atom stereocenters. The number of carbonyl (C=O) groups excluding carboxylic acids is 1. The molecule has 0 radical (unpaired) electrons. The van der Waals surface area contributed by atoms with Crippen molar-refractivity contribution in [1.29, 1.82) is 0 Å². The van der Waals surface area contributed by atoms with Crippen molar-refractivity contribution in [1.82, 2.24) is 0 Å². The topological polar surface area (TPSA) is 66.5 Å². The van der Waals surface area contributed by atoms with Crippen LogP contribution >= 0.6 is 0 Å². The number of benzene rings is 2. The third-order valence-electron chi connectivity index (χ3n) is 4.47. The molecule has 2 aromatic carbocycles. The van der Waals surface area contributed by atoms with Crippen LogP contribution in [0.4, 0.5) is 11.4 Å². The van der Waals surface area contributed by atoms with Gasteiger partial charge in [-0.15, -0.1) is 0 Å². The Kier molecular flexibility index (Phi) is 4.81. The van der Waals surface area contributed by atoms with Gasteiger partial charge in [-0.05, 0) is 55.2 Å². The van der Waals surface area contributed by atoms with Gasteiger partial charge in [0.25, 0.3) is 10.0 Å². The second-order valence-corrected chi connectivity index (χ2v) is 7.94. The predicted octanol–water partition coefficient (Wildman–Crippen LogP) is 3.49. The first-order valence-electron chi connectivity index (χ1n) is 8.43. The molecule has 1 aliphatic rings. The molecule has 0 spiro atoms. The molecular formula is C19H22N2O3S. The molecule has 5 nitrogen and oxygen atoms in total. The summed E-state index contributed by atoms with van der Waals surface area (Å²) < 4.78 is 27.8. The molecule has 1 heterocycles. The van der Waals surface area contributed by atoms with Crippen LogP contribution in [-0.2, 0) is 21.2 Å². The van der Waals surface area contributed by atoms with Crippen molar-refractivity contribution in [3.8, 4) is 0 Å². The van der Waals surface area contributed by atoms with Crippen molar-refractivity contribution >= 4 is 27.3 Å². The third-order valence-corrected chi connectivity index (χ3v) is 5.86. The lowest BCUT2D eigenvalue weighted by Gasteiger charge is -2.19. The number of sulfonamides is 1. The highest BCUT2D eigenvalue weighted by atomic mass is 32.2.